The van der Waals surface area contributed by atoms with E-state index in [0.29, 0.717) is 45.5 Å². The largest absolute Gasteiger partial charge is 0.381 e. The summed E-state index contributed by atoms with van der Waals surface area (Å²) in [7, 11) is 0. The Bertz CT molecular complexity index is 2230. The zero-order valence-corrected chi connectivity index (χ0v) is 31.5. The summed E-state index contributed by atoms with van der Waals surface area (Å²) in [6.45, 7) is 9.54. The van der Waals surface area contributed by atoms with Crippen LogP contribution >= 0.6 is 22.9 Å². The first kappa shape index (κ1) is 35.0. The van der Waals surface area contributed by atoms with E-state index in [2.05, 4.69) is 20.5 Å². The van der Waals surface area contributed by atoms with Crippen LogP contribution in [0.1, 0.15) is 65.5 Å². The Morgan fingerprint density at radius 3 is 2.34 bits per heavy atom. The zero-order chi connectivity index (χ0) is 36.9. The first-order chi connectivity index (χ1) is 25.6. The normalized spacial score (nSPS) is 15.9. The summed E-state index contributed by atoms with van der Waals surface area (Å²) in [5, 5.41) is 6.52. The molecule has 2 N–H and O–H groups in total. The van der Waals surface area contributed by atoms with Crippen LogP contribution in [0.5, 0.6) is 0 Å². The molecule has 3 aliphatic heterocycles. The van der Waals surface area contributed by atoms with Crippen molar-refractivity contribution in [2.45, 2.75) is 40.0 Å². The topological polar surface area (TPSA) is 104 Å². The fourth-order valence-corrected chi connectivity index (χ4v) is 9.35. The van der Waals surface area contributed by atoms with Crippen molar-refractivity contribution < 1.29 is 19.1 Å². The van der Waals surface area contributed by atoms with Gasteiger partial charge in [0.25, 0.3) is 17.7 Å². The number of carbonyl (C=O) groups is 3. The van der Waals surface area contributed by atoms with Crippen LogP contribution in [0.25, 0.3) is 10.4 Å². The number of hydrogen-bond acceptors (Lipinski definition) is 7. The van der Waals surface area contributed by atoms with E-state index in [-0.39, 0.29) is 23.1 Å². The molecule has 2 aromatic heterocycles. The summed E-state index contributed by atoms with van der Waals surface area (Å²) in [5.74, 6) is 0.0378. The lowest BCUT2D eigenvalue weighted by molar-refractivity contribution is -0.000511. The fraction of sp³-hybridized carbons (Fsp3) is 0.286. The highest BCUT2D eigenvalue weighted by atomic mass is 35.5. The first-order valence-electron chi connectivity index (χ1n) is 17.9. The van der Waals surface area contributed by atoms with Crippen LogP contribution in [0.3, 0.4) is 0 Å². The van der Waals surface area contributed by atoms with Gasteiger partial charge in [0.1, 0.15) is 10.7 Å². The van der Waals surface area contributed by atoms with Crippen molar-refractivity contribution in [2.24, 2.45) is 5.41 Å². The second kappa shape index (κ2) is 14.1. The first-order valence-corrected chi connectivity index (χ1v) is 19.1. The molecule has 0 aliphatic carbocycles. The third kappa shape index (κ3) is 6.60. The molecule has 5 aromatic rings. The van der Waals surface area contributed by atoms with Crippen LogP contribution in [0.15, 0.2) is 79.0 Å². The average Bonchev–Trinajstić information content (AvgIpc) is 3.38. The Labute approximate surface area is 317 Å². The van der Waals surface area contributed by atoms with Gasteiger partial charge in [-0.1, -0.05) is 48.0 Å². The van der Waals surface area contributed by atoms with Crippen molar-refractivity contribution >= 4 is 63.5 Å². The van der Waals surface area contributed by atoms with E-state index in [1.807, 2.05) is 69.3 Å². The lowest BCUT2D eigenvalue weighted by atomic mass is 9.73. The van der Waals surface area contributed by atoms with Crippen LogP contribution in [0, 0.1) is 26.2 Å². The molecule has 53 heavy (non-hydrogen) atoms. The molecule has 1 spiro atoms. The second-order valence-corrected chi connectivity index (χ2v) is 15.8. The van der Waals surface area contributed by atoms with Gasteiger partial charge < -0.3 is 25.2 Å². The Balaban J connectivity index is 0.991. The number of rotatable bonds is 6. The third-order valence-corrected chi connectivity index (χ3v) is 12.5. The number of nitrogens with one attached hydrogen (secondary N) is 2. The van der Waals surface area contributed by atoms with Gasteiger partial charge in [-0.2, -0.15) is 0 Å². The fourth-order valence-electron chi connectivity index (χ4n) is 7.74. The van der Waals surface area contributed by atoms with Crippen molar-refractivity contribution in [3.8, 4) is 10.4 Å². The van der Waals surface area contributed by atoms with Gasteiger partial charge in [0.05, 0.1) is 16.3 Å². The van der Waals surface area contributed by atoms with Crippen molar-refractivity contribution in [1.82, 2.24) is 4.98 Å². The highest BCUT2D eigenvalue weighted by Gasteiger charge is 2.45. The van der Waals surface area contributed by atoms with Crippen LogP contribution in [0.2, 0.25) is 5.02 Å². The van der Waals surface area contributed by atoms with Crippen LogP contribution in [0.4, 0.5) is 22.9 Å². The maximum absolute atomic E-state index is 14.1. The molecule has 0 saturated carbocycles. The smallest absolute Gasteiger partial charge is 0.267 e. The summed E-state index contributed by atoms with van der Waals surface area (Å²) >= 11 is 8.30. The summed E-state index contributed by atoms with van der Waals surface area (Å²) < 4.78 is 5.57. The lowest BCUT2D eigenvalue weighted by Crippen LogP contribution is -2.59. The zero-order valence-electron chi connectivity index (χ0n) is 29.9. The van der Waals surface area contributed by atoms with Gasteiger partial charge in [0.2, 0.25) is 0 Å². The van der Waals surface area contributed by atoms with E-state index in [1.54, 1.807) is 35.4 Å². The van der Waals surface area contributed by atoms with Crippen molar-refractivity contribution in [1.29, 1.82) is 0 Å². The number of anilines is 4. The summed E-state index contributed by atoms with van der Waals surface area (Å²) in [6.07, 6.45) is 4.34. The van der Waals surface area contributed by atoms with Gasteiger partial charge in [0.15, 0.2) is 0 Å². The Hall–Kier alpha value is -5.03. The molecule has 270 valence electrons. The van der Waals surface area contributed by atoms with Gasteiger partial charge in [-0.25, -0.2) is 4.98 Å². The Kier molecular flexibility index (Phi) is 9.30. The molecule has 8 rings (SSSR count). The molecule has 0 bridgehead atoms. The molecule has 0 unspecified atom stereocenters. The lowest BCUT2D eigenvalue weighted by Gasteiger charge is -2.53. The third-order valence-electron chi connectivity index (χ3n) is 10.7. The van der Waals surface area contributed by atoms with Crippen LogP contribution < -0.4 is 20.4 Å². The van der Waals surface area contributed by atoms with Gasteiger partial charge >= 0.3 is 0 Å². The minimum Gasteiger partial charge on any atom is -0.381 e. The molecular weight excluding hydrogens is 706 g/mol. The monoisotopic (exact) mass is 745 g/mol. The SMILES string of the molecule is Cc1cnc(N2CC3(CCOCC3)C2)c(C(=O)Nc2ccc(C(=O)N3CCc4c(sc(C(=O)Nc5c(C)cccc5C)c4Cl)-c4ccccc43)cc2)c1. The summed E-state index contributed by atoms with van der Waals surface area (Å²) in [4.78, 5) is 51.2. The van der Waals surface area contributed by atoms with E-state index in [1.165, 1.54) is 11.3 Å². The van der Waals surface area contributed by atoms with Crippen molar-refractivity contribution in [3.63, 3.8) is 0 Å². The number of halogens is 1. The van der Waals surface area contributed by atoms with E-state index in [0.717, 1.165) is 83.2 Å². The minimum atomic E-state index is -0.248. The Morgan fingerprint density at radius 2 is 1.60 bits per heavy atom. The molecular formula is C42H40ClN5O4S. The molecule has 0 atom stereocenters. The highest BCUT2D eigenvalue weighted by molar-refractivity contribution is 7.18. The number of benzene rings is 3. The van der Waals surface area contributed by atoms with Gasteiger partial charge in [-0.05, 0) is 98.7 Å². The summed E-state index contributed by atoms with van der Waals surface area (Å²) in [6, 6.07) is 22.5. The van der Waals surface area contributed by atoms with Gasteiger partial charge in [-0.15, -0.1) is 11.3 Å². The van der Waals surface area contributed by atoms with Crippen molar-refractivity contribution in [3.05, 3.63) is 122 Å². The predicted molar refractivity (Wildman–Crippen MR) is 212 cm³/mol. The molecule has 2 fully saturated rings. The molecule has 3 amide bonds. The number of carbonyl (C=O) groups excluding carboxylic acids is 3. The molecule has 3 aliphatic rings. The Morgan fingerprint density at radius 1 is 0.887 bits per heavy atom. The number of pyridine rings is 1. The number of aromatic nitrogens is 1. The number of hydrogen-bond donors (Lipinski definition) is 2. The van der Waals surface area contributed by atoms with Crippen LogP contribution in [-0.4, -0.2) is 55.6 Å². The predicted octanol–water partition coefficient (Wildman–Crippen LogP) is 8.71. The molecule has 0 radical (unpaired) electrons. The van der Waals surface area contributed by atoms with E-state index >= 15 is 0 Å². The van der Waals surface area contributed by atoms with Gasteiger partial charge in [0, 0.05) is 71.8 Å². The number of ether oxygens (including phenoxy) is 1. The average molecular weight is 746 g/mol. The number of amides is 3. The molecule has 9 nitrogen and oxygen atoms in total. The second-order valence-electron chi connectivity index (χ2n) is 14.4. The number of thiophene rings is 1. The quantitative estimate of drug-likeness (QED) is 0.180. The highest BCUT2D eigenvalue weighted by Crippen LogP contribution is 2.46. The number of fused-ring (bicyclic) bond motifs is 3. The maximum Gasteiger partial charge on any atom is 0.267 e. The van der Waals surface area contributed by atoms with Crippen molar-refractivity contribution in [2.75, 3.05) is 53.3 Å². The van der Waals surface area contributed by atoms with E-state index in [4.69, 9.17) is 16.3 Å². The summed E-state index contributed by atoms with van der Waals surface area (Å²) in [5.41, 5.74) is 7.96. The standard InChI is InChI=1S/C42H40ClN5O4S/c1-25-21-32(38(44-22-25)47-23-42(24-47)16-19-52-20-17-42)39(49)45-29-13-11-28(12-14-29)41(51)48-18-15-31-34(43)37(53-36(31)30-9-4-5-10-33(30)48)40(50)46-35-26(2)7-6-8-27(35)3/h4-14,21-22H,15-20,23-24H2,1-3H3,(H,45,49)(H,46,50). The number of aryl methyl sites for hydroxylation is 3. The van der Waals surface area contributed by atoms with Crippen LogP contribution in [-0.2, 0) is 11.2 Å². The minimum absolute atomic E-state index is 0.167. The molecule has 5 heterocycles. The number of nitrogens with zero attached hydrogens (tertiary/aromatic N) is 3. The van der Waals surface area contributed by atoms with E-state index in [9.17, 15) is 14.4 Å². The molecule has 2 saturated heterocycles. The van der Waals surface area contributed by atoms with Gasteiger partial charge in [-0.3, -0.25) is 14.4 Å². The maximum atomic E-state index is 14.1. The molecule has 11 heteroatoms. The number of para-hydroxylation sites is 2. The molecule has 3 aromatic carbocycles. The van der Waals surface area contributed by atoms with E-state index < -0.39 is 0 Å².